The second-order valence-corrected chi connectivity index (χ2v) is 3.31. The van der Waals surface area contributed by atoms with Gasteiger partial charge in [0.2, 0.25) is 5.84 Å². The highest BCUT2D eigenvalue weighted by Gasteiger charge is 2.37. The maximum atomic E-state index is 13.1. The third-order valence-electron chi connectivity index (χ3n) is 1.90. The van der Waals surface area contributed by atoms with E-state index in [0.29, 0.717) is 0 Å². The Bertz CT molecular complexity index is 479. The summed E-state index contributed by atoms with van der Waals surface area (Å²) in [6, 6.07) is -0.343. The SMILES string of the molecule is N=C(Nc1c(F)cc(C(F)(F)F)cc1F)C(F)(F)F. The van der Waals surface area contributed by atoms with Crippen LogP contribution in [0.2, 0.25) is 0 Å². The number of hydrogen-bond donors (Lipinski definition) is 2. The van der Waals surface area contributed by atoms with E-state index in [-0.39, 0.29) is 12.1 Å². The van der Waals surface area contributed by atoms with Crippen LogP contribution in [0.3, 0.4) is 0 Å². The molecule has 0 aliphatic rings. The van der Waals surface area contributed by atoms with E-state index in [4.69, 9.17) is 5.41 Å². The normalized spacial score (nSPS) is 12.4. The lowest BCUT2D eigenvalue weighted by atomic mass is 10.1. The molecule has 0 atom stereocenters. The molecule has 0 spiro atoms. The summed E-state index contributed by atoms with van der Waals surface area (Å²) in [5.41, 5.74) is -3.16. The highest BCUT2D eigenvalue weighted by Crippen LogP contribution is 2.33. The van der Waals surface area contributed by atoms with E-state index in [1.54, 1.807) is 0 Å². The fraction of sp³-hybridized carbons (Fsp3) is 0.222. The summed E-state index contributed by atoms with van der Waals surface area (Å²) in [7, 11) is 0. The molecule has 0 saturated heterocycles. The number of benzene rings is 1. The topological polar surface area (TPSA) is 35.9 Å². The van der Waals surface area contributed by atoms with Gasteiger partial charge in [-0.15, -0.1) is 0 Å². The summed E-state index contributed by atoms with van der Waals surface area (Å²) < 4.78 is 98.6. The lowest BCUT2D eigenvalue weighted by Gasteiger charge is -2.14. The zero-order chi connectivity index (χ0) is 15.0. The van der Waals surface area contributed by atoms with Crippen molar-refractivity contribution >= 4 is 11.5 Å². The average Bonchev–Trinajstić information content (AvgIpc) is 2.19. The van der Waals surface area contributed by atoms with Crippen LogP contribution in [0.25, 0.3) is 0 Å². The van der Waals surface area contributed by atoms with Crippen molar-refractivity contribution in [1.29, 1.82) is 5.41 Å². The van der Waals surface area contributed by atoms with Gasteiger partial charge < -0.3 is 5.32 Å². The molecular formula is C9H4F8N2. The summed E-state index contributed by atoms with van der Waals surface area (Å²) in [5, 5.41) is 7.49. The predicted molar refractivity (Wildman–Crippen MR) is 48.8 cm³/mol. The van der Waals surface area contributed by atoms with E-state index < -0.39 is 41.1 Å². The van der Waals surface area contributed by atoms with Crippen LogP contribution in [0.4, 0.5) is 40.8 Å². The Balaban J connectivity index is 3.16. The standard InChI is InChI=1S/C9H4F8N2/c10-4-1-3(8(12,13)14)2-5(11)6(4)19-7(18)9(15,16)17/h1-2H,(H2,18,19). The summed E-state index contributed by atoms with van der Waals surface area (Å²) in [4.78, 5) is 0. The van der Waals surface area contributed by atoms with Gasteiger partial charge in [-0.05, 0) is 12.1 Å². The minimum atomic E-state index is -5.21. The largest absolute Gasteiger partial charge is 0.448 e. The fourth-order valence-corrected chi connectivity index (χ4v) is 1.05. The summed E-state index contributed by atoms with van der Waals surface area (Å²) >= 11 is 0. The Morgan fingerprint density at radius 2 is 1.37 bits per heavy atom. The van der Waals surface area contributed by atoms with Crippen LogP contribution in [0.1, 0.15) is 5.56 Å². The number of nitrogens with one attached hydrogen (secondary N) is 2. The molecule has 0 unspecified atom stereocenters. The van der Waals surface area contributed by atoms with Crippen LogP contribution in [0.5, 0.6) is 0 Å². The van der Waals surface area contributed by atoms with Gasteiger partial charge in [0, 0.05) is 0 Å². The highest BCUT2D eigenvalue weighted by molar-refractivity contribution is 5.97. The van der Waals surface area contributed by atoms with Gasteiger partial charge in [0.15, 0.2) is 0 Å². The van der Waals surface area contributed by atoms with Crippen LogP contribution in [-0.2, 0) is 6.18 Å². The first-order valence-corrected chi connectivity index (χ1v) is 4.42. The minimum Gasteiger partial charge on any atom is -0.332 e. The van der Waals surface area contributed by atoms with Crippen molar-refractivity contribution < 1.29 is 35.1 Å². The molecule has 0 fully saturated rings. The molecule has 19 heavy (non-hydrogen) atoms. The van der Waals surface area contributed by atoms with Gasteiger partial charge >= 0.3 is 12.4 Å². The van der Waals surface area contributed by atoms with Gasteiger partial charge in [0.25, 0.3) is 0 Å². The molecule has 10 heteroatoms. The highest BCUT2D eigenvalue weighted by atomic mass is 19.4. The summed E-state index contributed by atoms with van der Waals surface area (Å²) in [5.74, 6) is -5.98. The van der Waals surface area contributed by atoms with Crippen molar-refractivity contribution in [1.82, 2.24) is 0 Å². The number of halogens is 8. The molecule has 1 aromatic rings. The van der Waals surface area contributed by atoms with Crippen molar-refractivity contribution in [2.75, 3.05) is 5.32 Å². The van der Waals surface area contributed by atoms with E-state index in [1.807, 2.05) is 0 Å². The van der Waals surface area contributed by atoms with Crippen LogP contribution in [-0.4, -0.2) is 12.0 Å². The second kappa shape index (κ2) is 4.67. The predicted octanol–water partition coefficient (Wildman–Crippen LogP) is 3.94. The Morgan fingerprint density at radius 1 is 0.947 bits per heavy atom. The first kappa shape index (κ1) is 15.2. The number of hydrogen-bond acceptors (Lipinski definition) is 1. The molecule has 0 heterocycles. The van der Waals surface area contributed by atoms with Gasteiger partial charge in [0.1, 0.15) is 17.3 Å². The number of alkyl halides is 6. The zero-order valence-corrected chi connectivity index (χ0v) is 8.68. The molecule has 0 amide bonds. The van der Waals surface area contributed by atoms with Gasteiger partial charge in [-0.3, -0.25) is 5.41 Å². The monoisotopic (exact) mass is 292 g/mol. The van der Waals surface area contributed by atoms with Gasteiger partial charge in [-0.1, -0.05) is 0 Å². The third-order valence-corrected chi connectivity index (χ3v) is 1.90. The molecule has 1 rings (SSSR count). The van der Waals surface area contributed by atoms with Gasteiger partial charge in [-0.25, -0.2) is 8.78 Å². The van der Waals surface area contributed by atoms with E-state index in [0.717, 1.165) is 5.32 Å². The second-order valence-electron chi connectivity index (χ2n) is 3.31. The zero-order valence-electron chi connectivity index (χ0n) is 8.68. The number of amidine groups is 1. The Kier molecular flexibility index (Phi) is 3.73. The van der Waals surface area contributed by atoms with Gasteiger partial charge in [-0.2, -0.15) is 26.3 Å². The number of rotatable bonds is 1. The Hall–Kier alpha value is -1.87. The lowest BCUT2D eigenvalue weighted by molar-refractivity contribution is -0.138. The molecule has 106 valence electrons. The molecule has 0 aromatic heterocycles. The maximum absolute atomic E-state index is 13.1. The molecule has 0 bridgehead atoms. The first-order chi connectivity index (χ1) is 8.43. The third kappa shape index (κ3) is 3.55. The van der Waals surface area contributed by atoms with E-state index in [2.05, 4.69) is 0 Å². The molecule has 0 radical (unpaired) electrons. The van der Waals surface area contributed by atoms with Crippen LogP contribution in [0.15, 0.2) is 12.1 Å². The van der Waals surface area contributed by atoms with Crippen LogP contribution < -0.4 is 5.32 Å². The van der Waals surface area contributed by atoms with Crippen molar-refractivity contribution in [2.24, 2.45) is 0 Å². The van der Waals surface area contributed by atoms with E-state index in [9.17, 15) is 35.1 Å². The average molecular weight is 292 g/mol. The van der Waals surface area contributed by atoms with Crippen molar-refractivity contribution in [3.05, 3.63) is 29.3 Å². The van der Waals surface area contributed by atoms with Crippen molar-refractivity contribution in [3.63, 3.8) is 0 Å². The van der Waals surface area contributed by atoms with Crippen molar-refractivity contribution in [3.8, 4) is 0 Å². The van der Waals surface area contributed by atoms with E-state index in [1.165, 1.54) is 0 Å². The quantitative estimate of drug-likeness (QED) is 0.459. The molecule has 0 aliphatic heterocycles. The Labute approximate surface area is 100 Å². The minimum absolute atomic E-state index is 0.172. The summed E-state index contributed by atoms with van der Waals surface area (Å²) in [6.07, 6.45) is -10.3. The maximum Gasteiger partial charge on any atom is 0.448 e. The molecule has 0 aliphatic carbocycles. The molecule has 0 saturated carbocycles. The smallest absolute Gasteiger partial charge is 0.332 e. The fourth-order valence-electron chi connectivity index (χ4n) is 1.05. The van der Waals surface area contributed by atoms with E-state index >= 15 is 0 Å². The molecule has 2 nitrogen and oxygen atoms in total. The first-order valence-electron chi connectivity index (χ1n) is 4.42. The van der Waals surface area contributed by atoms with Crippen LogP contribution >= 0.6 is 0 Å². The van der Waals surface area contributed by atoms with Gasteiger partial charge in [0.05, 0.1) is 5.56 Å². The van der Waals surface area contributed by atoms with Crippen LogP contribution in [0, 0.1) is 17.0 Å². The molecule has 1 aromatic carbocycles. The molecule has 2 N–H and O–H groups in total. The lowest BCUT2D eigenvalue weighted by Crippen LogP contribution is -2.30. The summed E-state index contributed by atoms with van der Waals surface area (Å²) in [6.45, 7) is 0. The molecular weight excluding hydrogens is 288 g/mol. The van der Waals surface area contributed by atoms with Crippen molar-refractivity contribution in [2.45, 2.75) is 12.4 Å². The Morgan fingerprint density at radius 3 is 1.68 bits per heavy atom. The number of anilines is 1.